The SMILES string of the molecule is Cc1cc(Nc2ncc3c(=O)n(-c4ccccc4C(N)=O)c(=O)[nH]c3n2)ccc1N1CCN(C)CC1. The number of fused-ring (bicyclic) bond motifs is 1. The fraction of sp³-hybridized carbons (Fsp3) is 0.240. The molecule has 0 radical (unpaired) electrons. The van der Waals surface area contributed by atoms with Crippen LogP contribution in [0.4, 0.5) is 17.3 Å². The van der Waals surface area contributed by atoms with Crippen LogP contribution in [0.1, 0.15) is 15.9 Å². The first kappa shape index (κ1) is 23.2. The molecule has 2 aromatic carbocycles. The van der Waals surface area contributed by atoms with Crippen molar-refractivity contribution in [2.45, 2.75) is 6.92 Å². The lowest BCUT2D eigenvalue weighted by molar-refractivity contribution is 0.1000. The summed E-state index contributed by atoms with van der Waals surface area (Å²) in [6, 6.07) is 12.2. The number of benzene rings is 2. The van der Waals surface area contributed by atoms with E-state index in [4.69, 9.17) is 5.73 Å². The molecule has 3 heterocycles. The van der Waals surface area contributed by atoms with Gasteiger partial charge in [-0.2, -0.15) is 4.98 Å². The van der Waals surface area contributed by atoms with Gasteiger partial charge in [0.2, 0.25) is 5.95 Å². The van der Waals surface area contributed by atoms with E-state index in [1.807, 2.05) is 12.1 Å². The summed E-state index contributed by atoms with van der Waals surface area (Å²) in [4.78, 5) is 53.7. The lowest BCUT2D eigenvalue weighted by Crippen LogP contribution is -2.44. The molecule has 1 saturated heterocycles. The molecule has 0 atom stereocenters. The Bertz CT molecular complexity index is 1580. The van der Waals surface area contributed by atoms with Gasteiger partial charge in [0.25, 0.3) is 11.5 Å². The predicted molar refractivity (Wildman–Crippen MR) is 138 cm³/mol. The number of aromatic nitrogens is 4. The number of primary amides is 1. The molecular formula is C25H26N8O3. The molecule has 1 fully saturated rings. The van der Waals surface area contributed by atoms with E-state index in [9.17, 15) is 14.4 Å². The van der Waals surface area contributed by atoms with Crippen molar-refractivity contribution in [2.75, 3.05) is 43.4 Å². The van der Waals surface area contributed by atoms with Gasteiger partial charge in [-0.3, -0.25) is 14.6 Å². The number of nitrogens with zero attached hydrogens (tertiary/aromatic N) is 5. The molecule has 5 rings (SSSR count). The Morgan fingerprint density at radius 1 is 1.06 bits per heavy atom. The van der Waals surface area contributed by atoms with E-state index < -0.39 is 17.2 Å². The molecule has 11 heteroatoms. The Morgan fingerprint density at radius 3 is 2.53 bits per heavy atom. The number of aromatic amines is 1. The molecule has 2 aromatic heterocycles. The number of carbonyl (C=O) groups excluding carboxylic acids is 1. The van der Waals surface area contributed by atoms with E-state index in [0.717, 1.165) is 42.0 Å². The minimum absolute atomic E-state index is 0.0547. The number of piperazine rings is 1. The van der Waals surface area contributed by atoms with Crippen molar-refractivity contribution < 1.29 is 4.79 Å². The van der Waals surface area contributed by atoms with Crippen LogP contribution in [0.5, 0.6) is 0 Å². The minimum atomic E-state index is -0.748. The fourth-order valence-electron chi connectivity index (χ4n) is 4.42. The van der Waals surface area contributed by atoms with Crippen LogP contribution in [-0.2, 0) is 0 Å². The van der Waals surface area contributed by atoms with Crippen molar-refractivity contribution in [3.8, 4) is 5.69 Å². The highest BCUT2D eigenvalue weighted by atomic mass is 16.2. The molecule has 0 bridgehead atoms. The van der Waals surface area contributed by atoms with Gasteiger partial charge in [0, 0.05) is 43.8 Å². The third kappa shape index (κ3) is 4.31. The molecule has 1 aliphatic heterocycles. The van der Waals surface area contributed by atoms with Gasteiger partial charge in [0.05, 0.1) is 11.3 Å². The van der Waals surface area contributed by atoms with Crippen LogP contribution in [0.3, 0.4) is 0 Å². The number of para-hydroxylation sites is 1. The van der Waals surface area contributed by atoms with E-state index in [1.54, 1.807) is 12.1 Å². The van der Waals surface area contributed by atoms with Crippen LogP contribution in [0.2, 0.25) is 0 Å². The van der Waals surface area contributed by atoms with Gasteiger partial charge in [-0.1, -0.05) is 12.1 Å². The van der Waals surface area contributed by atoms with Crippen molar-refractivity contribution in [2.24, 2.45) is 5.73 Å². The van der Waals surface area contributed by atoms with E-state index >= 15 is 0 Å². The van der Waals surface area contributed by atoms with Crippen molar-refractivity contribution in [1.82, 2.24) is 24.4 Å². The average Bonchev–Trinajstić information content (AvgIpc) is 2.85. The summed E-state index contributed by atoms with van der Waals surface area (Å²) < 4.78 is 0.860. The van der Waals surface area contributed by atoms with E-state index in [1.165, 1.54) is 24.0 Å². The summed E-state index contributed by atoms with van der Waals surface area (Å²) in [5.41, 5.74) is 7.36. The number of likely N-dealkylation sites (N-methyl/N-ethyl adjacent to an activating group) is 1. The Balaban J connectivity index is 1.45. The van der Waals surface area contributed by atoms with Gasteiger partial charge in [-0.05, 0) is 49.9 Å². The second-order valence-corrected chi connectivity index (χ2v) is 8.82. The topological polar surface area (TPSA) is 142 Å². The zero-order valence-electron chi connectivity index (χ0n) is 20.0. The van der Waals surface area contributed by atoms with Crippen LogP contribution in [0, 0.1) is 6.92 Å². The van der Waals surface area contributed by atoms with E-state index in [-0.39, 0.29) is 28.2 Å². The number of nitrogens with two attached hydrogens (primary N) is 1. The maximum Gasteiger partial charge on any atom is 0.334 e. The Labute approximate surface area is 206 Å². The third-order valence-corrected chi connectivity index (χ3v) is 6.36. The van der Waals surface area contributed by atoms with Gasteiger partial charge in [0.15, 0.2) is 5.65 Å². The predicted octanol–water partition coefficient (Wildman–Crippen LogP) is 1.37. The van der Waals surface area contributed by atoms with E-state index in [2.05, 4.69) is 50.1 Å². The monoisotopic (exact) mass is 486 g/mol. The number of H-pyrrole nitrogens is 1. The molecule has 4 aromatic rings. The van der Waals surface area contributed by atoms with Gasteiger partial charge in [-0.15, -0.1) is 0 Å². The largest absolute Gasteiger partial charge is 0.369 e. The van der Waals surface area contributed by atoms with Crippen molar-refractivity contribution in [3.63, 3.8) is 0 Å². The summed E-state index contributed by atoms with van der Waals surface area (Å²) in [6.45, 7) is 6.07. The highest BCUT2D eigenvalue weighted by Gasteiger charge is 2.18. The number of carbonyl (C=O) groups is 1. The van der Waals surface area contributed by atoms with Crippen LogP contribution in [0.25, 0.3) is 16.7 Å². The van der Waals surface area contributed by atoms with E-state index in [0.29, 0.717) is 0 Å². The summed E-state index contributed by atoms with van der Waals surface area (Å²) in [5, 5.41) is 3.24. The first-order chi connectivity index (χ1) is 17.3. The number of anilines is 3. The normalized spacial score (nSPS) is 14.2. The van der Waals surface area contributed by atoms with Gasteiger partial charge in [0.1, 0.15) is 5.39 Å². The molecule has 184 valence electrons. The summed E-state index contributed by atoms with van der Waals surface area (Å²) >= 11 is 0. The second-order valence-electron chi connectivity index (χ2n) is 8.82. The quantitative estimate of drug-likeness (QED) is 0.384. The van der Waals surface area contributed by atoms with Crippen LogP contribution in [0.15, 0.2) is 58.3 Å². The Hall–Kier alpha value is -4.51. The number of rotatable bonds is 5. The molecular weight excluding hydrogens is 460 g/mol. The molecule has 0 aliphatic carbocycles. The maximum atomic E-state index is 13.1. The number of amides is 1. The lowest BCUT2D eigenvalue weighted by Gasteiger charge is -2.35. The second kappa shape index (κ2) is 9.27. The minimum Gasteiger partial charge on any atom is -0.369 e. The summed E-state index contributed by atoms with van der Waals surface area (Å²) in [7, 11) is 2.13. The number of aryl methyl sites for hydroxylation is 1. The highest BCUT2D eigenvalue weighted by Crippen LogP contribution is 2.26. The van der Waals surface area contributed by atoms with Gasteiger partial charge >= 0.3 is 5.69 Å². The summed E-state index contributed by atoms with van der Waals surface area (Å²) in [5.74, 6) is -0.513. The maximum absolute atomic E-state index is 13.1. The number of hydrogen-bond donors (Lipinski definition) is 3. The molecule has 1 amide bonds. The van der Waals surface area contributed by atoms with Crippen molar-refractivity contribution in [1.29, 1.82) is 0 Å². The van der Waals surface area contributed by atoms with Crippen molar-refractivity contribution >= 4 is 34.3 Å². The zero-order valence-corrected chi connectivity index (χ0v) is 20.0. The van der Waals surface area contributed by atoms with Crippen LogP contribution < -0.4 is 27.2 Å². The standard InChI is InChI=1S/C25H26N8O3/c1-15-13-16(7-8-19(15)32-11-9-31(2)10-12-32)28-24-27-14-18-22(29-24)30-25(36)33(23(18)35)20-6-4-3-5-17(20)21(26)34/h3-8,13-14H,9-12H2,1-2H3,(H2,26,34)(H2,27,28,29,30,36). The highest BCUT2D eigenvalue weighted by molar-refractivity contribution is 5.96. The smallest absolute Gasteiger partial charge is 0.334 e. The fourth-order valence-corrected chi connectivity index (χ4v) is 4.42. The lowest BCUT2D eigenvalue weighted by atomic mass is 10.1. The number of hydrogen-bond acceptors (Lipinski definition) is 8. The average molecular weight is 487 g/mol. The molecule has 0 saturated carbocycles. The van der Waals surface area contributed by atoms with Gasteiger partial charge < -0.3 is 20.9 Å². The molecule has 0 spiro atoms. The number of nitrogens with one attached hydrogen (secondary N) is 2. The Morgan fingerprint density at radius 2 is 1.81 bits per heavy atom. The first-order valence-electron chi connectivity index (χ1n) is 11.5. The van der Waals surface area contributed by atoms with Crippen LogP contribution >= 0.6 is 0 Å². The first-order valence-corrected chi connectivity index (χ1v) is 11.5. The summed E-state index contributed by atoms with van der Waals surface area (Å²) in [6.07, 6.45) is 1.35. The third-order valence-electron chi connectivity index (χ3n) is 6.36. The van der Waals surface area contributed by atoms with Crippen molar-refractivity contribution in [3.05, 3.63) is 80.6 Å². The Kier molecular flexibility index (Phi) is 5.98. The van der Waals surface area contributed by atoms with Crippen LogP contribution in [-0.4, -0.2) is 63.6 Å². The zero-order chi connectivity index (χ0) is 25.4. The molecule has 36 heavy (non-hydrogen) atoms. The molecule has 0 unspecified atom stereocenters. The molecule has 11 nitrogen and oxygen atoms in total. The molecule has 4 N–H and O–H groups in total. The van der Waals surface area contributed by atoms with Gasteiger partial charge in [-0.25, -0.2) is 14.3 Å². The molecule has 1 aliphatic rings.